The Labute approximate surface area is 122 Å². The molecule has 0 saturated carbocycles. The fourth-order valence-corrected chi connectivity index (χ4v) is 1.86. The molecule has 0 spiro atoms. The van der Waals surface area contributed by atoms with Crippen LogP contribution >= 0.6 is 0 Å². The van der Waals surface area contributed by atoms with Crippen LogP contribution in [0.1, 0.15) is 22.3 Å². The first-order chi connectivity index (χ1) is 10.2. The molecule has 0 amide bonds. The lowest BCUT2D eigenvalue weighted by Gasteiger charge is -2.06. The number of hydrogen-bond acceptors (Lipinski definition) is 4. The number of esters is 1. The van der Waals surface area contributed by atoms with E-state index < -0.39 is 11.8 Å². The summed E-state index contributed by atoms with van der Waals surface area (Å²) < 4.78 is 23.4. The average Bonchev–Trinajstić information content (AvgIpc) is 2.52. The summed E-state index contributed by atoms with van der Waals surface area (Å²) in [5, 5.41) is 0. The van der Waals surface area contributed by atoms with Crippen molar-refractivity contribution in [1.29, 1.82) is 0 Å². The Morgan fingerprint density at radius 2 is 2.19 bits per heavy atom. The molecule has 2 rings (SSSR count). The zero-order valence-electron chi connectivity index (χ0n) is 11.7. The maximum atomic E-state index is 13.5. The van der Waals surface area contributed by atoms with Crippen molar-refractivity contribution in [2.75, 3.05) is 13.7 Å². The van der Waals surface area contributed by atoms with E-state index in [-0.39, 0.29) is 17.9 Å². The van der Waals surface area contributed by atoms with Crippen LogP contribution < -0.4 is 4.74 Å². The molecule has 5 heteroatoms. The summed E-state index contributed by atoms with van der Waals surface area (Å²) in [6.07, 6.45) is 4.95. The largest absolute Gasteiger partial charge is 0.494 e. The Hall–Kier alpha value is -2.43. The molecule has 21 heavy (non-hydrogen) atoms. The molecule has 0 saturated heterocycles. The summed E-state index contributed by atoms with van der Waals surface area (Å²) in [5.41, 5.74) is 1.26. The molecular formula is C16H16FNO3. The van der Waals surface area contributed by atoms with Gasteiger partial charge < -0.3 is 9.47 Å². The minimum absolute atomic E-state index is 0.100. The van der Waals surface area contributed by atoms with Crippen molar-refractivity contribution in [3.05, 3.63) is 59.7 Å². The first-order valence-electron chi connectivity index (χ1n) is 6.60. The van der Waals surface area contributed by atoms with E-state index in [0.717, 1.165) is 18.1 Å². The van der Waals surface area contributed by atoms with Crippen LogP contribution in [0.3, 0.4) is 0 Å². The first kappa shape index (κ1) is 15.0. The number of carbonyl (C=O) groups excluding carboxylic acids is 1. The molecule has 0 aliphatic carbocycles. The minimum atomic E-state index is -0.581. The van der Waals surface area contributed by atoms with Crippen molar-refractivity contribution in [1.82, 2.24) is 4.98 Å². The maximum absolute atomic E-state index is 13.5. The lowest BCUT2D eigenvalue weighted by atomic mass is 10.2. The number of benzene rings is 1. The van der Waals surface area contributed by atoms with Gasteiger partial charge in [0.2, 0.25) is 0 Å². The molecule has 1 heterocycles. The van der Waals surface area contributed by atoms with Gasteiger partial charge in [0.15, 0.2) is 11.6 Å². The highest BCUT2D eigenvalue weighted by Gasteiger charge is 2.11. The van der Waals surface area contributed by atoms with Gasteiger partial charge in [-0.15, -0.1) is 0 Å². The molecule has 110 valence electrons. The molecule has 0 fully saturated rings. The van der Waals surface area contributed by atoms with E-state index in [1.165, 1.54) is 19.2 Å². The van der Waals surface area contributed by atoms with Gasteiger partial charge in [-0.3, -0.25) is 4.98 Å². The monoisotopic (exact) mass is 289 g/mol. The standard InChI is InChI=1S/C16H16FNO3/c1-20-15-7-6-13(10-14(15)17)16(19)21-9-3-5-12-4-2-8-18-11-12/h2,4,6-8,10-11H,3,5,9H2,1H3. The Kier molecular flexibility index (Phi) is 5.26. The molecule has 1 aromatic heterocycles. The van der Waals surface area contributed by atoms with E-state index in [1.54, 1.807) is 12.4 Å². The lowest BCUT2D eigenvalue weighted by Crippen LogP contribution is -2.07. The quantitative estimate of drug-likeness (QED) is 0.606. The molecule has 0 aliphatic rings. The number of aromatic nitrogens is 1. The van der Waals surface area contributed by atoms with Gasteiger partial charge in [0.1, 0.15) is 0 Å². The van der Waals surface area contributed by atoms with Gasteiger partial charge in [-0.2, -0.15) is 0 Å². The molecule has 0 radical (unpaired) electrons. The van der Waals surface area contributed by atoms with Crippen molar-refractivity contribution >= 4 is 5.97 Å². The molecule has 1 aromatic carbocycles. The van der Waals surface area contributed by atoms with Crippen LogP contribution in [0.25, 0.3) is 0 Å². The molecule has 0 unspecified atom stereocenters. The highest BCUT2D eigenvalue weighted by molar-refractivity contribution is 5.89. The molecule has 2 aromatic rings. The Morgan fingerprint density at radius 1 is 1.33 bits per heavy atom. The van der Waals surface area contributed by atoms with Crippen LogP contribution in [-0.2, 0) is 11.2 Å². The van der Waals surface area contributed by atoms with Crippen molar-refractivity contribution in [3.8, 4) is 5.75 Å². The summed E-state index contributed by atoms with van der Waals surface area (Å²) in [6, 6.07) is 7.82. The van der Waals surface area contributed by atoms with Crippen LogP contribution in [-0.4, -0.2) is 24.7 Å². The summed E-state index contributed by atoms with van der Waals surface area (Å²) in [7, 11) is 1.37. The second-order valence-corrected chi connectivity index (χ2v) is 4.45. The van der Waals surface area contributed by atoms with E-state index in [2.05, 4.69) is 4.98 Å². The van der Waals surface area contributed by atoms with Gasteiger partial charge in [0, 0.05) is 12.4 Å². The first-order valence-corrected chi connectivity index (χ1v) is 6.60. The van der Waals surface area contributed by atoms with Crippen LogP contribution in [0.5, 0.6) is 5.75 Å². The summed E-state index contributed by atoms with van der Waals surface area (Å²) >= 11 is 0. The van der Waals surface area contributed by atoms with Crippen LogP contribution in [0, 0.1) is 5.82 Å². The Bertz CT molecular complexity index is 602. The van der Waals surface area contributed by atoms with Crippen molar-refractivity contribution in [3.63, 3.8) is 0 Å². The summed E-state index contributed by atoms with van der Waals surface area (Å²) in [6.45, 7) is 0.279. The third-order valence-electron chi connectivity index (χ3n) is 2.95. The molecule has 0 bridgehead atoms. The number of carbonyl (C=O) groups is 1. The number of halogens is 1. The third kappa shape index (κ3) is 4.27. The second kappa shape index (κ2) is 7.38. The topological polar surface area (TPSA) is 48.4 Å². The normalized spacial score (nSPS) is 10.2. The predicted molar refractivity (Wildman–Crippen MR) is 75.8 cm³/mol. The fraction of sp³-hybridized carbons (Fsp3) is 0.250. The predicted octanol–water partition coefficient (Wildman–Crippen LogP) is 3.02. The zero-order valence-corrected chi connectivity index (χ0v) is 11.7. The van der Waals surface area contributed by atoms with Gasteiger partial charge >= 0.3 is 5.97 Å². The highest BCUT2D eigenvalue weighted by atomic mass is 19.1. The number of rotatable bonds is 6. The smallest absolute Gasteiger partial charge is 0.338 e. The SMILES string of the molecule is COc1ccc(C(=O)OCCCc2cccnc2)cc1F. The van der Waals surface area contributed by atoms with Gasteiger partial charge in [-0.1, -0.05) is 6.07 Å². The van der Waals surface area contributed by atoms with E-state index in [1.807, 2.05) is 12.1 Å². The van der Waals surface area contributed by atoms with Gasteiger partial charge in [-0.05, 0) is 42.7 Å². The zero-order chi connectivity index (χ0) is 15.1. The average molecular weight is 289 g/mol. The van der Waals surface area contributed by atoms with E-state index in [9.17, 15) is 9.18 Å². The maximum Gasteiger partial charge on any atom is 0.338 e. The van der Waals surface area contributed by atoms with Crippen LogP contribution in [0.4, 0.5) is 4.39 Å². The molecular weight excluding hydrogens is 273 g/mol. The van der Waals surface area contributed by atoms with Crippen LogP contribution in [0.2, 0.25) is 0 Å². The molecule has 4 nitrogen and oxygen atoms in total. The van der Waals surface area contributed by atoms with Crippen molar-refractivity contribution in [2.24, 2.45) is 0 Å². The van der Waals surface area contributed by atoms with Crippen molar-refractivity contribution in [2.45, 2.75) is 12.8 Å². The Balaban J connectivity index is 1.80. The fourth-order valence-electron chi connectivity index (χ4n) is 1.86. The minimum Gasteiger partial charge on any atom is -0.494 e. The highest BCUT2D eigenvalue weighted by Crippen LogP contribution is 2.18. The number of methoxy groups -OCH3 is 1. The molecule has 0 atom stereocenters. The van der Waals surface area contributed by atoms with Gasteiger partial charge in [0.05, 0.1) is 19.3 Å². The Morgan fingerprint density at radius 3 is 2.86 bits per heavy atom. The third-order valence-corrected chi connectivity index (χ3v) is 2.95. The van der Waals surface area contributed by atoms with Crippen molar-refractivity contribution < 1.29 is 18.7 Å². The van der Waals surface area contributed by atoms with E-state index in [0.29, 0.717) is 6.42 Å². The number of ether oxygens (including phenoxy) is 2. The molecule has 0 N–H and O–H groups in total. The van der Waals surface area contributed by atoms with E-state index in [4.69, 9.17) is 9.47 Å². The van der Waals surface area contributed by atoms with Gasteiger partial charge in [-0.25, -0.2) is 9.18 Å². The number of pyridine rings is 1. The number of aryl methyl sites for hydroxylation is 1. The second-order valence-electron chi connectivity index (χ2n) is 4.45. The van der Waals surface area contributed by atoms with Gasteiger partial charge in [0.25, 0.3) is 0 Å². The summed E-state index contributed by atoms with van der Waals surface area (Å²) in [5.74, 6) is -1.02. The van der Waals surface area contributed by atoms with Crippen LogP contribution in [0.15, 0.2) is 42.7 Å². The summed E-state index contributed by atoms with van der Waals surface area (Å²) in [4.78, 5) is 15.8. The molecule has 0 aliphatic heterocycles. The number of nitrogens with zero attached hydrogens (tertiary/aromatic N) is 1. The lowest BCUT2D eigenvalue weighted by molar-refractivity contribution is 0.0500. The van der Waals surface area contributed by atoms with E-state index >= 15 is 0 Å². The number of hydrogen-bond donors (Lipinski definition) is 0.